The zero-order chi connectivity index (χ0) is 14.5. The Kier molecular flexibility index (Phi) is 4.39. The van der Waals surface area contributed by atoms with E-state index in [4.69, 9.17) is 21.6 Å². The highest BCUT2D eigenvalue weighted by Crippen LogP contribution is 2.25. The lowest BCUT2D eigenvalue weighted by molar-refractivity contribution is 0.0526. The molecular formula is C16H12ClNO2. The van der Waals surface area contributed by atoms with Crippen molar-refractivity contribution in [3.63, 3.8) is 0 Å². The molecule has 0 bridgehead atoms. The largest absolute Gasteiger partial charge is 0.462 e. The van der Waals surface area contributed by atoms with Crippen molar-refractivity contribution in [2.45, 2.75) is 6.92 Å². The van der Waals surface area contributed by atoms with Crippen molar-refractivity contribution in [3.05, 3.63) is 58.6 Å². The minimum atomic E-state index is -0.336. The summed E-state index contributed by atoms with van der Waals surface area (Å²) in [4.78, 5) is 11.6. The van der Waals surface area contributed by atoms with Crippen molar-refractivity contribution in [1.82, 2.24) is 0 Å². The van der Waals surface area contributed by atoms with Crippen LogP contribution in [-0.2, 0) is 4.74 Å². The van der Waals surface area contributed by atoms with Crippen LogP contribution in [0.2, 0.25) is 5.02 Å². The lowest BCUT2D eigenvalue weighted by atomic mass is 10.0. The molecule has 0 N–H and O–H groups in total. The number of hydrogen-bond donors (Lipinski definition) is 0. The molecule has 0 aromatic heterocycles. The Balaban J connectivity index is 2.28. The predicted octanol–water partition coefficient (Wildman–Crippen LogP) is 4.06. The summed E-state index contributed by atoms with van der Waals surface area (Å²) in [5.41, 5.74) is 2.77. The summed E-state index contributed by atoms with van der Waals surface area (Å²) < 4.78 is 4.93. The van der Waals surface area contributed by atoms with Crippen molar-refractivity contribution >= 4 is 17.6 Å². The molecule has 0 aliphatic rings. The summed E-state index contributed by atoms with van der Waals surface area (Å²) in [6, 6.07) is 14.3. The number of rotatable bonds is 3. The van der Waals surface area contributed by atoms with Gasteiger partial charge in [-0.15, -0.1) is 0 Å². The third-order valence-electron chi connectivity index (χ3n) is 2.82. The van der Waals surface area contributed by atoms with Crippen LogP contribution in [0.25, 0.3) is 11.1 Å². The molecule has 100 valence electrons. The maximum absolute atomic E-state index is 11.6. The molecule has 0 amide bonds. The van der Waals surface area contributed by atoms with Gasteiger partial charge >= 0.3 is 5.97 Å². The number of halogens is 1. The molecule has 0 saturated heterocycles. The fourth-order valence-corrected chi connectivity index (χ4v) is 2.02. The van der Waals surface area contributed by atoms with E-state index in [9.17, 15) is 4.79 Å². The summed E-state index contributed by atoms with van der Waals surface area (Å²) in [7, 11) is 0. The second kappa shape index (κ2) is 6.23. The van der Waals surface area contributed by atoms with Crippen LogP contribution < -0.4 is 0 Å². The van der Waals surface area contributed by atoms with Crippen LogP contribution in [0.4, 0.5) is 0 Å². The van der Waals surface area contributed by atoms with Gasteiger partial charge in [-0.25, -0.2) is 4.79 Å². The maximum Gasteiger partial charge on any atom is 0.338 e. The van der Waals surface area contributed by atoms with Crippen LogP contribution in [0.5, 0.6) is 0 Å². The molecule has 0 atom stereocenters. The number of hydrogen-bond acceptors (Lipinski definition) is 3. The van der Waals surface area contributed by atoms with E-state index in [1.807, 2.05) is 24.3 Å². The van der Waals surface area contributed by atoms with Gasteiger partial charge in [0, 0.05) is 0 Å². The molecule has 0 heterocycles. The molecule has 0 aliphatic heterocycles. The molecule has 2 rings (SSSR count). The van der Waals surface area contributed by atoms with Crippen molar-refractivity contribution in [3.8, 4) is 17.2 Å². The van der Waals surface area contributed by atoms with Crippen LogP contribution in [-0.4, -0.2) is 12.6 Å². The Labute approximate surface area is 122 Å². The number of nitrogens with zero attached hydrogens (tertiary/aromatic N) is 1. The van der Waals surface area contributed by atoms with Crippen LogP contribution in [0.15, 0.2) is 42.5 Å². The van der Waals surface area contributed by atoms with E-state index in [1.165, 1.54) is 0 Å². The Morgan fingerprint density at radius 3 is 2.40 bits per heavy atom. The van der Waals surface area contributed by atoms with Gasteiger partial charge in [0.1, 0.15) is 6.07 Å². The molecule has 3 nitrogen and oxygen atoms in total. The van der Waals surface area contributed by atoms with E-state index >= 15 is 0 Å². The number of esters is 1. The number of benzene rings is 2. The Bertz CT molecular complexity index is 672. The van der Waals surface area contributed by atoms with E-state index in [2.05, 4.69) is 0 Å². The fraction of sp³-hybridized carbons (Fsp3) is 0.125. The topological polar surface area (TPSA) is 50.1 Å². The lowest BCUT2D eigenvalue weighted by Crippen LogP contribution is -2.03. The predicted molar refractivity (Wildman–Crippen MR) is 77.6 cm³/mol. The Morgan fingerprint density at radius 1 is 1.20 bits per heavy atom. The number of nitriles is 1. The quantitative estimate of drug-likeness (QED) is 0.799. The zero-order valence-electron chi connectivity index (χ0n) is 10.9. The van der Waals surface area contributed by atoms with Gasteiger partial charge in [-0.05, 0) is 42.3 Å². The van der Waals surface area contributed by atoms with Crippen molar-refractivity contribution in [2.75, 3.05) is 6.61 Å². The number of carbonyl (C=O) groups excluding carboxylic acids is 1. The molecule has 0 aliphatic carbocycles. The summed E-state index contributed by atoms with van der Waals surface area (Å²) in [5, 5.41) is 9.26. The fourth-order valence-electron chi connectivity index (χ4n) is 1.80. The molecule has 4 heteroatoms. The van der Waals surface area contributed by atoms with Crippen LogP contribution >= 0.6 is 11.6 Å². The van der Waals surface area contributed by atoms with Crippen molar-refractivity contribution in [1.29, 1.82) is 5.26 Å². The van der Waals surface area contributed by atoms with E-state index in [1.54, 1.807) is 31.2 Å². The Hall–Kier alpha value is -2.31. The first kappa shape index (κ1) is 14.1. The number of carbonyl (C=O) groups is 1. The van der Waals surface area contributed by atoms with Gasteiger partial charge in [-0.2, -0.15) is 5.26 Å². The van der Waals surface area contributed by atoms with E-state index < -0.39 is 0 Å². The Morgan fingerprint density at radius 2 is 1.85 bits per heavy atom. The molecule has 0 fully saturated rings. The number of ether oxygens (including phenoxy) is 1. The van der Waals surface area contributed by atoms with E-state index in [-0.39, 0.29) is 5.97 Å². The second-order valence-electron chi connectivity index (χ2n) is 4.10. The minimum absolute atomic E-state index is 0.336. The van der Waals surface area contributed by atoms with Gasteiger partial charge in [-0.1, -0.05) is 29.8 Å². The highest BCUT2D eigenvalue weighted by molar-refractivity contribution is 6.32. The molecule has 0 saturated carbocycles. The van der Waals surface area contributed by atoms with Gasteiger partial charge in [0.05, 0.1) is 22.8 Å². The molecule has 0 radical (unpaired) electrons. The van der Waals surface area contributed by atoms with Crippen molar-refractivity contribution < 1.29 is 9.53 Å². The second-order valence-corrected chi connectivity index (χ2v) is 4.51. The highest BCUT2D eigenvalue weighted by atomic mass is 35.5. The first-order valence-corrected chi connectivity index (χ1v) is 6.50. The average molecular weight is 286 g/mol. The average Bonchev–Trinajstić information content (AvgIpc) is 2.47. The van der Waals surface area contributed by atoms with E-state index in [0.29, 0.717) is 22.8 Å². The van der Waals surface area contributed by atoms with Crippen LogP contribution in [0.3, 0.4) is 0 Å². The van der Waals surface area contributed by atoms with Gasteiger partial charge in [0.25, 0.3) is 0 Å². The van der Waals surface area contributed by atoms with Gasteiger partial charge in [0.15, 0.2) is 0 Å². The molecule has 2 aromatic rings. The third kappa shape index (κ3) is 2.98. The van der Waals surface area contributed by atoms with Gasteiger partial charge in [-0.3, -0.25) is 0 Å². The molecule has 0 spiro atoms. The minimum Gasteiger partial charge on any atom is -0.462 e. The molecule has 2 aromatic carbocycles. The van der Waals surface area contributed by atoms with Crippen molar-refractivity contribution in [2.24, 2.45) is 0 Å². The van der Waals surface area contributed by atoms with Gasteiger partial charge in [0.2, 0.25) is 0 Å². The normalized spacial score (nSPS) is 9.85. The lowest BCUT2D eigenvalue weighted by Gasteiger charge is -2.05. The summed E-state index contributed by atoms with van der Waals surface area (Å²) in [5.74, 6) is -0.336. The summed E-state index contributed by atoms with van der Waals surface area (Å²) >= 11 is 6.01. The first-order chi connectivity index (χ1) is 9.65. The first-order valence-electron chi connectivity index (χ1n) is 6.13. The SMILES string of the molecule is CCOC(=O)c1ccc(-c2ccc(C#N)c(Cl)c2)cc1. The standard InChI is InChI=1S/C16H12ClNO2/c1-2-20-16(19)12-5-3-11(4-6-12)13-7-8-14(10-18)15(17)9-13/h3-9H,2H2,1H3. The smallest absolute Gasteiger partial charge is 0.338 e. The monoisotopic (exact) mass is 285 g/mol. The molecular weight excluding hydrogens is 274 g/mol. The van der Waals surface area contributed by atoms with E-state index in [0.717, 1.165) is 11.1 Å². The summed E-state index contributed by atoms with van der Waals surface area (Å²) in [6.45, 7) is 2.12. The van der Waals surface area contributed by atoms with Gasteiger partial charge < -0.3 is 4.74 Å². The maximum atomic E-state index is 11.6. The molecule has 20 heavy (non-hydrogen) atoms. The highest BCUT2D eigenvalue weighted by Gasteiger charge is 2.07. The zero-order valence-corrected chi connectivity index (χ0v) is 11.6. The third-order valence-corrected chi connectivity index (χ3v) is 3.13. The summed E-state index contributed by atoms with van der Waals surface area (Å²) in [6.07, 6.45) is 0. The van der Waals surface area contributed by atoms with Crippen LogP contribution in [0, 0.1) is 11.3 Å². The molecule has 0 unspecified atom stereocenters. The van der Waals surface area contributed by atoms with Crippen LogP contribution in [0.1, 0.15) is 22.8 Å².